The first kappa shape index (κ1) is 17.8. The van der Waals surface area contributed by atoms with Crippen LogP contribution in [0, 0.1) is 0 Å². The molecule has 5 heteroatoms. The molecular formula is C21H18ClNO3. The number of hydrogen-bond donors (Lipinski definition) is 1. The van der Waals surface area contributed by atoms with Crippen molar-refractivity contribution in [1.82, 2.24) is 0 Å². The summed E-state index contributed by atoms with van der Waals surface area (Å²) >= 11 is 6.15. The topological polar surface area (TPSA) is 47.6 Å². The van der Waals surface area contributed by atoms with Crippen molar-refractivity contribution >= 4 is 23.2 Å². The molecule has 4 nitrogen and oxygen atoms in total. The first-order valence-electron chi connectivity index (χ1n) is 8.10. The number of ether oxygens (including phenoxy) is 2. The van der Waals surface area contributed by atoms with E-state index in [1.807, 2.05) is 48.5 Å². The highest BCUT2D eigenvalue weighted by Crippen LogP contribution is 2.33. The highest BCUT2D eigenvalue weighted by Gasteiger charge is 2.12. The fourth-order valence-corrected chi connectivity index (χ4v) is 2.70. The maximum atomic E-state index is 12.5. The molecule has 0 atom stereocenters. The zero-order chi connectivity index (χ0) is 18.4. The molecule has 0 saturated heterocycles. The monoisotopic (exact) mass is 367 g/mol. The van der Waals surface area contributed by atoms with Gasteiger partial charge < -0.3 is 14.8 Å². The number of halogens is 1. The summed E-state index contributed by atoms with van der Waals surface area (Å²) < 4.78 is 11.2. The van der Waals surface area contributed by atoms with E-state index in [1.54, 1.807) is 31.4 Å². The Hall–Kier alpha value is -2.98. The Bertz CT molecular complexity index is 911. The molecular weight excluding hydrogens is 350 g/mol. The van der Waals surface area contributed by atoms with Gasteiger partial charge in [0, 0.05) is 5.56 Å². The van der Waals surface area contributed by atoms with Gasteiger partial charge in [0.15, 0.2) is 5.75 Å². The summed E-state index contributed by atoms with van der Waals surface area (Å²) in [7, 11) is 1.59. The number of rotatable bonds is 6. The number of para-hydroxylation sites is 4. The van der Waals surface area contributed by atoms with E-state index in [0.29, 0.717) is 28.0 Å². The Balaban J connectivity index is 1.76. The molecule has 0 unspecified atom stereocenters. The van der Waals surface area contributed by atoms with Crippen molar-refractivity contribution < 1.29 is 14.3 Å². The predicted molar refractivity (Wildman–Crippen MR) is 103 cm³/mol. The summed E-state index contributed by atoms with van der Waals surface area (Å²) in [5, 5.41) is 3.39. The standard InChI is InChI=1S/C21H18ClNO3/c1-25-18-11-5-2-8-15(18)14-21(24)23-17-10-4-7-13-20(17)26-19-12-6-3-9-16(19)22/h2-13H,14H2,1H3,(H,23,24). The van der Waals surface area contributed by atoms with Gasteiger partial charge in [-0.25, -0.2) is 0 Å². The molecule has 0 spiro atoms. The molecule has 0 radical (unpaired) electrons. The van der Waals surface area contributed by atoms with E-state index in [9.17, 15) is 4.79 Å². The molecule has 0 heterocycles. The maximum absolute atomic E-state index is 12.5. The van der Waals surface area contributed by atoms with Gasteiger partial charge in [-0.05, 0) is 30.3 Å². The zero-order valence-electron chi connectivity index (χ0n) is 14.2. The zero-order valence-corrected chi connectivity index (χ0v) is 15.0. The summed E-state index contributed by atoms with van der Waals surface area (Å²) in [6.45, 7) is 0. The van der Waals surface area contributed by atoms with Crippen LogP contribution in [0.5, 0.6) is 17.2 Å². The molecule has 132 valence electrons. The Morgan fingerprint density at radius 2 is 1.50 bits per heavy atom. The second-order valence-corrected chi connectivity index (χ2v) is 5.97. The highest BCUT2D eigenvalue weighted by molar-refractivity contribution is 6.32. The number of hydrogen-bond acceptors (Lipinski definition) is 3. The number of benzene rings is 3. The van der Waals surface area contributed by atoms with E-state index in [2.05, 4.69) is 5.32 Å². The minimum atomic E-state index is -0.162. The third-order valence-electron chi connectivity index (χ3n) is 3.76. The fourth-order valence-electron chi connectivity index (χ4n) is 2.52. The van der Waals surface area contributed by atoms with Crippen LogP contribution in [0.15, 0.2) is 72.8 Å². The van der Waals surface area contributed by atoms with Gasteiger partial charge >= 0.3 is 0 Å². The SMILES string of the molecule is COc1ccccc1CC(=O)Nc1ccccc1Oc1ccccc1Cl. The number of carbonyl (C=O) groups excluding carboxylic acids is 1. The molecule has 0 aliphatic heterocycles. The molecule has 0 aliphatic carbocycles. The molecule has 1 N–H and O–H groups in total. The van der Waals surface area contributed by atoms with Gasteiger partial charge in [0.05, 0.1) is 24.2 Å². The average Bonchev–Trinajstić information content (AvgIpc) is 2.65. The first-order chi connectivity index (χ1) is 12.7. The van der Waals surface area contributed by atoms with E-state index in [0.717, 1.165) is 5.56 Å². The molecule has 26 heavy (non-hydrogen) atoms. The smallest absolute Gasteiger partial charge is 0.229 e. The van der Waals surface area contributed by atoms with Crippen LogP contribution in [-0.4, -0.2) is 13.0 Å². The summed E-state index contributed by atoms with van der Waals surface area (Å²) in [6.07, 6.45) is 0.199. The Labute approximate surface area is 157 Å². The quantitative estimate of drug-likeness (QED) is 0.641. The number of amides is 1. The van der Waals surface area contributed by atoms with Crippen LogP contribution in [0.25, 0.3) is 0 Å². The summed E-state index contributed by atoms with van der Waals surface area (Å²) in [4.78, 5) is 12.5. The van der Waals surface area contributed by atoms with Gasteiger partial charge in [-0.15, -0.1) is 0 Å². The minimum absolute atomic E-state index is 0.162. The molecule has 1 amide bonds. The van der Waals surface area contributed by atoms with Crippen LogP contribution in [-0.2, 0) is 11.2 Å². The Kier molecular flexibility index (Phi) is 5.77. The normalized spacial score (nSPS) is 10.2. The van der Waals surface area contributed by atoms with Gasteiger partial charge in [-0.3, -0.25) is 4.79 Å². The third kappa shape index (κ3) is 4.35. The highest BCUT2D eigenvalue weighted by atomic mass is 35.5. The molecule has 0 bridgehead atoms. The first-order valence-corrected chi connectivity index (χ1v) is 8.48. The molecule has 3 rings (SSSR count). The molecule has 0 aromatic heterocycles. The van der Waals surface area contributed by atoms with Crippen LogP contribution in [0.3, 0.4) is 0 Å². The lowest BCUT2D eigenvalue weighted by Crippen LogP contribution is -2.15. The molecule has 3 aromatic rings. The summed E-state index contributed by atoms with van der Waals surface area (Å²) in [5.41, 5.74) is 1.39. The van der Waals surface area contributed by atoms with Crippen LogP contribution in [0.2, 0.25) is 5.02 Å². The van der Waals surface area contributed by atoms with Gasteiger partial charge in [-0.1, -0.05) is 54.1 Å². The van der Waals surface area contributed by atoms with Crippen LogP contribution < -0.4 is 14.8 Å². The second-order valence-electron chi connectivity index (χ2n) is 5.57. The van der Waals surface area contributed by atoms with Gasteiger partial charge in [0.2, 0.25) is 5.91 Å². The molecule has 0 aliphatic rings. The van der Waals surface area contributed by atoms with Crippen molar-refractivity contribution in [2.45, 2.75) is 6.42 Å². The third-order valence-corrected chi connectivity index (χ3v) is 4.07. The van der Waals surface area contributed by atoms with Gasteiger partial charge in [0.1, 0.15) is 11.5 Å². The van der Waals surface area contributed by atoms with Crippen molar-refractivity contribution in [3.8, 4) is 17.2 Å². The lowest BCUT2D eigenvalue weighted by molar-refractivity contribution is -0.115. The van der Waals surface area contributed by atoms with Crippen LogP contribution in [0.1, 0.15) is 5.56 Å². The van der Waals surface area contributed by atoms with Crippen LogP contribution in [0.4, 0.5) is 5.69 Å². The lowest BCUT2D eigenvalue weighted by atomic mass is 10.1. The van der Waals surface area contributed by atoms with E-state index in [-0.39, 0.29) is 12.3 Å². The molecule has 0 saturated carbocycles. The Morgan fingerprint density at radius 1 is 0.885 bits per heavy atom. The van der Waals surface area contributed by atoms with E-state index >= 15 is 0 Å². The number of carbonyl (C=O) groups is 1. The average molecular weight is 368 g/mol. The maximum Gasteiger partial charge on any atom is 0.229 e. The lowest BCUT2D eigenvalue weighted by Gasteiger charge is -2.13. The van der Waals surface area contributed by atoms with Gasteiger partial charge in [0.25, 0.3) is 0 Å². The Morgan fingerprint density at radius 3 is 2.23 bits per heavy atom. The van der Waals surface area contributed by atoms with Crippen molar-refractivity contribution in [1.29, 1.82) is 0 Å². The second kappa shape index (κ2) is 8.41. The minimum Gasteiger partial charge on any atom is -0.496 e. The summed E-state index contributed by atoms with van der Waals surface area (Å²) in [5.74, 6) is 1.57. The molecule has 0 fully saturated rings. The summed E-state index contributed by atoms with van der Waals surface area (Å²) in [6, 6.07) is 21.9. The van der Waals surface area contributed by atoms with E-state index < -0.39 is 0 Å². The van der Waals surface area contributed by atoms with E-state index in [1.165, 1.54) is 0 Å². The van der Waals surface area contributed by atoms with Crippen molar-refractivity contribution in [2.75, 3.05) is 12.4 Å². The van der Waals surface area contributed by atoms with Crippen molar-refractivity contribution in [2.24, 2.45) is 0 Å². The molecule has 3 aromatic carbocycles. The number of anilines is 1. The van der Waals surface area contributed by atoms with Crippen molar-refractivity contribution in [3.63, 3.8) is 0 Å². The largest absolute Gasteiger partial charge is 0.496 e. The van der Waals surface area contributed by atoms with Crippen molar-refractivity contribution in [3.05, 3.63) is 83.4 Å². The number of nitrogens with one attached hydrogen (secondary N) is 1. The van der Waals surface area contributed by atoms with E-state index in [4.69, 9.17) is 21.1 Å². The van der Waals surface area contributed by atoms with Crippen LogP contribution >= 0.6 is 11.6 Å². The number of methoxy groups -OCH3 is 1. The van der Waals surface area contributed by atoms with Gasteiger partial charge in [-0.2, -0.15) is 0 Å². The fraction of sp³-hybridized carbons (Fsp3) is 0.0952. The predicted octanol–water partition coefficient (Wildman–Crippen LogP) is 5.32.